The second-order valence-corrected chi connectivity index (χ2v) is 6.47. The second-order valence-electron chi connectivity index (χ2n) is 6.47. The molecule has 1 aliphatic rings. The van der Waals surface area contributed by atoms with E-state index in [1.807, 2.05) is 31.6 Å². The van der Waals surface area contributed by atoms with Gasteiger partial charge in [0.1, 0.15) is 5.60 Å². The van der Waals surface area contributed by atoms with E-state index < -0.39 is 5.60 Å². The summed E-state index contributed by atoms with van der Waals surface area (Å²) in [6.07, 6.45) is 3.55. The molecule has 0 aromatic carbocycles. The van der Waals surface area contributed by atoms with Crippen molar-refractivity contribution in [2.75, 3.05) is 13.2 Å². The minimum Gasteiger partial charge on any atom is -0.477 e. The molecule has 0 radical (unpaired) electrons. The number of alkyl carbamates (subject to hydrolysis) is 1. The van der Waals surface area contributed by atoms with E-state index in [-0.39, 0.29) is 12.0 Å². The molecule has 0 saturated heterocycles. The Bertz CT molecular complexity index is 491. The maximum absolute atomic E-state index is 11.6. The first-order valence-corrected chi connectivity index (χ1v) is 7.53. The molecule has 2 rings (SSSR count). The normalized spacial score (nSPS) is 17.8. The highest BCUT2D eigenvalue weighted by molar-refractivity contribution is 5.67. The van der Waals surface area contributed by atoms with Crippen LogP contribution in [0.4, 0.5) is 4.79 Å². The Hall–Kier alpha value is -1.72. The van der Waals surface area contributed by atoms with Crippen LogP contribution in [0.5, 0.6) is 5.88 Å². The molecule has 1 aromatic heterocycles. The number of fused-ring (bicyclic) bond motifs is 1. The molecule has 1 atom stereocenters. The van der Waals surface area contributed by atoms with Crippen molar-refractivity contribution < 1.29 is 14.3 Å². The summed E-state index contributed by atoms with van der Waals surface area (Å²) in [7, 11) is 0. The van der Waals surface area contributed by atoms with Crippen LogP contribution in [0.25, 0.3) is 0 Å². The van der Waals surface area contributed by atoms with E-state index >= 15 is 0 Å². The van der Waals surface area contributed by atoms with Gasteiger partial charge in [0, 0.05) is 18.0 Å². The molecule has 118 valence electrons. The number of ether oxygens (including phenoxy) is 2. The van der Waals surface area contributed by atoms with Crippen molar-refractivity contribution in [1.82, 2.24) is 15.1 Å². The third-order valence-electron chi connectivity index (χ3n) is 3.20. The molecular weight excluding hydrogens is 270 g/mol. The Balaban J connectivity index is 1.84. The van der Waals surface area contributed by atoms with Crippen LogP contribution in [0.15, 0.2) is 6.20 Å². The van der Waals surface area contributed by atoms with Gasteiger partial charge >= 0.3 is 6.09 Å². The zero-order valence-corrected chi connectivity index (χ0v) is 13.3. The molecule has 1 aromatic rings. The lowest BCUT2D eigenvalue weighted by Gasteiger charge is -2.26. The van der Waals surface area contributed by atoms with Crippen LogP contribution < -0.4 is 10.1 Å². The van der Waals surface area contributed by atoms with E-state index in [1.54, 1.807) is 0 Å². The monoisotopic (exact) mass is 295 g/mol. The van der Waals surface area contributed by atoms with Crippen LogP contribution in [0.2, 0.25) is 0 Å². The second kappa shape index (κ2) is 6.37. The van der Waals surface area contributed by atoms with Crippen molar-refractivity contribution in [1.29, 1.82) is 0 Å². The fraction of sp³-hybridized carbons (Fsp3) is 0.733. The summed E-state index contributed by atoms with van der Waals surface area (Å²) < 4.78 is 12.9. The number of aromatic nitrogens is 2. The van der Waals surface area contributed by atoms with Gasteiger partial charge in [-0.2, -0.15) is 5.10 Å². The van der Waals surface area contributed by atoms with Crippen LogP contribution in [0.1, 0.15) is 39.7 Å². The molecule has 2 heterocycles. The summed E-state index contributed by atoms with van der Waals surface area (Å²) in [5, 5.41) is 7.15. The molecule has 1 amide bonds. The van der Waals surface area contributed by atoms with Gasteiger partial charge < -0.3 is 14.8 Å². The van der Waals surface area contributed by atoms with Crippen molar-refractivity contribution in [3.63, 3.8) is 0 Å². The van der Waals surface area contributed by atoms with Crippen LogP contribution in [0.3, 0.4) is 0 Å². The van der Waals surface area contributed by atoms with E-state index in [4.69, 9.17) is 9.47 Å². The molecule has 6 heteroatoms. The first-order valence-electron chi connectivity index (χ1n) is 7.53. The van der Waals surface area contributed by atoms with Gasteiger partial charge in [-0.3, -0.25) is 0 Å². The average molecular weight is 295 g/mol. The van der Waals surface area contributed by atoms with E-state index in [9.17, 15) is 4.79 Å². The number of carbonyl (C=O) groups excluding carboxylic acids is 1. The van der Waals surface area contributed by atoms with E-state index in [2.05, 4.69) is 17.3 Å². The van der Waals surface area contributed by atoms with Gasteiger partial charge in [-0.05, 0) is 27.2 Å². The summed E-state index contributed by atoms with van der Waals surface area (Å²) in [6, 6.07) is 0. The molecule has 0 fully saturated rings. The van der Waals surface area contributed by atoms with Gasteiger partial charge in [0.15, 0.2) is 0 Å². The highest BCUT2D eigenvalue weighted by atomic mass is 16.6. The molecule has 1 N–H and O–H groups in total. The predicted octanol–water partition coefficient (Wildman–Crippen LogP) is 2.37. The van der Waals surface area contributed by atoms with Crippen molar-refractivity contribution in [3.8, 4) is 5.88 Å². The first-order chi connectivity index (χ1) is 9.89. The van der Waals surface area contributed by atoms with Crippen LogP contribution in [-0.2, 0) is 17.7 Å². The molecule has 21 heavy (non-hydrogen) atoms. The lowest BCUT2D eigenvalue weighted by Crippen LogP contribution is -2.39. The topological polar surface area (TPSA) is 65.4 Å². The standard InChI is InChI=1S/C15H25N3O3/c1-5-6-12-8-17-18-9-11(10-20-13(12)18)7-16-14(19)21-15(2,3)4/h8,11H,5-7,9-10H2,1-4H3,(H,16,19). The van der Waals surface area contributed by atoms with E-state index in [0.29, 0.717) is 13.2 Å². The minimum atomic E-state index is -0.475. The first kappa shape index (κ1) is 15.7. The Kier molecular flexibility index (Phi) is 4.75. The van der Waals surface area contributed by atoms with Gasteiger partial charge in [0.2, 0.25) is 5.88 Å². The van der Waals surface area contributed by atoms with Gasteiger partial charge in [0.25, 0.3) is 0 Å². The zero-order chi connectivity index (χ0) is 15.5. The van der Waals surface area contributed by atoms with Gasteiger partial charge in [-0.1, -0.05) is 13.3 Å². The van der Waals surface area contributed by atoms with E-state index in [0.717, 1.165) is 30.8 Å². The van der Waals surface area contributed by atoms with Crippen LogP contribution in [0, 0.1) is 5.92 Å². The Morgan fingerprint density at radius 1 is 1.57 bits per heavy atom. The Morgan fingerprint density at radius 2 is 2.33 bits per heavy atom. The third-order valence-corrected chi connectivity index (χ3v) is 3.20. The average Bonchev–Trinajstić information content (AvgIpc) is 2.78. The fourth-order valence-corrected chi connectivity index (χ4v) is 2.31. The molecule has 1 unspecified atom stereocenters. The molecular formula is C15H25N3O3. The predicted molar refractivity (Wildman–Crippen MR) is 79.4 cm³/mol. The number of aryl methyl sites for hydroxylation is 1. The van der Waals surface area contributed by atoms with Crippen molar-refractivity contribution in [2.45, 2.75) is 52.7 Å². The Labute approximate surface area is 125 Å². The summed E-state index contributed by atoms with van der Waals surface area (Å²) >= 11 is 0. The highest BCUT2D eigenvalue weighted by Crippen LogP contribution is 2.25. The third kappa shape index (κ3) is 4.37. The number of nitrogens with one attached hydrogen (secondary N) is 1. The maximum Gasteiger partial charge on any atom is 0.407 e. The van der Waals surface area contributed by atoms with Gasteiger partial charge in [-0.15, -0.1) is 0 Å². The molecule has 1 aliphatic heterocycles. The minimum absolute atomic E-state index is 0.208. The lowest BCUT2D eigenvalue weighted by atomic mass is 10.1. The molecule has 6 nitrogen and oxygen atoms in total. The van der Waals surface area contributed by atoms with Crippen molar-refractivity contribution in [2.24, 2.45) is 5.92 Å². The number of rotatable bonds is 4. The molecule has 0 aliphatic carbocycles. The van der Waals surface area contributed by atoms with Gasteiger partial charge in [-0.25, -0.2) is 9.48 Å². The highest BCUT2D eigenvalue weighted by Gasteiger charge is 2.24. The molecule has 0 bridgehead atoms. The zero-order valence-electron chi connectivity index (χ0n) is 13.3. The molecule has 0 spiro atoms. The Morgan fingerprint density at radius 3 is 3.00 bits per heavy atom. The SMILES string of the molecule is CCCc1cnn2c1OCC(CNC(=O)OC(C)(C)C)C2. The summed E-state index contributed by atoms with van der Waals surface area (Å²) in [6.45, 7) is 9.57. The van der Waals surface area contributed by atoms with Gasteiger partial charge in [0.05, 0.1) is 19.3 Å². The van der Waals surface area contributed by atoms with E-state index in [1.165, 1.54) is 0 Å². The number of nitrogens with zero attached hydrogens (tertiary/aromatic N) is 2. The fourth-order valence-electron chi connectivity index (χ4n) is 2.31. The van der Waals surface area contributed by atoms with Crippen molar-refractivity contribution in [3.05, 3.63) is 11.8 Å². The number of hydrogen-bond acceptors (Lipinski definition) is 4. The maximum atomic E-state index is 11.6. The summed E-state index contributed by atoms with van der Waals surface area (Å²) in [5.74, 6) is 1.09. The van der Waals surface area contributed by atoms with Crippen LogP contribution >= 0.6 is 0 Å². The van der Waals surface area contributed by atoms with Crippen LogP contribution in [-0.4, -0.2) is 34.6 Å². The quantitative estimate of drug-likeness (QED) is 0.926. The smallest absolute Gasteiger partial charge is 0.407 e. The molecule has 0 saturated carbocycles. The summed E-state index contributed by atoms with van der Waals surface area (Å²) in [5.41, 5.74) is 0.688. The number of hydrogen-bond donors (Lipinski definition) is 1. The summed E-state index contributed by atoms with van der Waals surface area (Å²) in [4.78, 5) is 11.6. The van der Waals surface area contributed by atoms with Crippen molar-refractivity contribution >= 4 is 6.09 Å². The number of carbonyl (C=O) groups is 1. The lowest BCUT2D eigenvalue weighted by molar-refractivity contribution is 0.0503. The largest absolute Gasteiger partial charge is 0.477 e. The number of amides is 1.